The quantitative estimate of drug-likeness (QED) is 0.797. The smallest absolute Gasteiger partial charge is 0.256 e. The minimum Gasteiger partial charge on any atom is -0.337 e. The van der Waals surface area contributed by atoms with E-state index in [1.807, 2.05) is 6.92 Å². The minimum atomic E-state index is -0.820. The van der Waals surface area contributed by atoms with Crippen molar-refractivity contribution in [1.82, 2.24) is 4.90 Å². The van der Waals surface area contributed by atoms with Gasteiger partial charge in [0.05, 0.1) is 10.6 Å². The van der Waals surface area contributed by atoms with Crippen LogP contribution in [0.15, 0.2) is 12.1 Å². The summed E-state index contributed by atoms with van der Waals surface area (Å²) in [5.74, 6) is -2.03. The molecule has 1 aromatic rings. The molecule has 2 unspecified atom stereocenters. The van der Waals surface area contributed by atoms with Crippen molar-refractivity contribution in [2.24, 2.45) is 11.7 Å². The summed E-state index contributed by atoms with van der Waals surface area (Å²) >= 11 is 5.44. The molecule has 3 nitrogen and oxygen atoms in total. The highest BCUT2D eigenvalue weighted by atomic mass is 35.5. The molecule has 0 radical (unpaired) electrons. The van der Waals surface area contributed by atoms with Crippen LogP contribution in [0.4, 0.5) is 8.78 Å². The van der Waals surface area contributed by atoms with E-state index in [4.69, 9.17) is 17.3 Å². The number of halogens is 3. The molecule has 1 aliphatic rings. The zero-order valence-electron chi connectivity index (χ0n) is 9.79. The Morgan fingerprint density at radius 2 is 2.06 bits per heavy atom. The van der Waals surface area contributed by atoms with Gasteiger partial charge in [0.1, 0.15) is 11.6 Å². The average Bonchev–Trinajstić information content (AvgIpc) is 2.63. The van der Waals surface area contributed by atoms with E-state index < -0.39 is 17.5 Å². The Bertz CT molecular complexity index is 485. The first-order valence-corrected chi connectivity index (χ1v) is 5.97. The predicted octanol–water partition coefficient (Wildman–Crippen LogP) is 2.04. The highest BCUT2D eigenvalue weighted by molar-refractivity contribution is 6.30. The number of hydrogen-bond donors (Lipinski definition) is 1. The van der Waals surface area contributed by atoms with Crippen molar-refractivity contribution in [2.75, 3.05) is 13.1 Å². The monoisotopic (exact) mass is 274 g/mol. The van der Waals surface area contributed by atoms with Gasteiger partial charge in [-0.1, -0.05) is 18.5 Å². The highest BCUT2D eigenvalue weighted by Gasteiger charge is 2.31. The third-order valence-electron chi connectivity index (χ3n) is 3.20. The molecule has 2 atom stereocenters. The summed E-state index contributed by atoms with van der Waals surface area (Å²) in [4.78, 5) is 13.5. The van der Waals surface area contributed by atoms with Crippen LogP contribution in [0.25, 0.3) is 0 Å². The summed E-state index contributed by atoms with van der Waals surface area (Å²) < 4.78 is 26.9. The maximum Gasteiger partial charge on any atom is 0.256 e. The maximum atomic E-state index is 13.6. The molecule has 18 heavy (non-hydrogen) atoms. The molecule has 98 valence electrons. The summed E-state index contributed by atoms with van der Waals surface area (Å²) in [6, 6.07) is 1.51. The molecule has 1 fully saturated rings. The zero-order valence-corrected chi connectivity index (χ0v) is 10.5. The van der Waals surface area contributed by atoms with E-state index in [1.165, 1.54) is 4.90 Å². The SMILES string of the molecule is CC1CN(C(=O)c2cc(F)c(Cl)cc2F)CC1N. The van der Waals surface area contributed by atoms with Crippen molar-refractivity contribution in [1.29, 1.82) is 0 Å². The molecule has 0 aromatic heterocycles. The van der Waals surface area contributed by atoms with Gasteiger partial charge in [-0.15, -0.1) is 0 Å². The first-order valence-electron chi connectivity index (χ1n) is 5.59. The molecule has 2 rings (SSSR count). The lowest BCUT2D eigenvalue weighted by atomic mass is 10.1. The number of rotatable bonds is 1. The van der Waals surface area contributed by atoms with Crippen LogP contribution < -0.4 is 5.73 Å². The largest absolute Gasteiger partial charge is 0.337 e. The third kappa shape index (κ3) is 2.33. The highest BCUT2D eigenvalue weighted by Crippen LogP contribution is 2.23. The molecular weight excluding hydrogens is 262 g/mol. The first-order chi connectivity index (χ1) is 8.40. The number of benzene rings is 1. The Labute approximate surface area is 109 Å². The van der Waals surface area contributed by atoms with E-state index in [2.05, 4.69) is 0 Å². The molecule has 0 bridgehead atoms. The van der Waals surface area contributed by atoms with Gasteiger partial charge in [0.2, 0.25) is 0 Å². The lowest BCUT2D eigenvalue weighted by Crippen LogP contribution is -2.32. The van der Waals surface area contributed by atoms with Gasteiger partial charge < -0.3 is 10.6 Å². The normalized spacial score (nSPS) is 23.5. The topological polar surface area (TPSA) is 46.3 Å². The molecule has 0 spiro atoms. The van der Waals surface area contributed by atoms with Crippen LogP contribution >= 0.6 is 11.6 Å². The summed E-state index contributed by atoms with van der Waals surface area (Å²) in [7, 11) is 0. The van der Waals surface area contributed by atoms with Crippen LogP contribution in [0, 0.1) is 17.6 Å². The van der Waals surface area contributed by atoms with Crippen LogP contribution in [0.1, 0.15) is 17.3 Å². The van der Waals surface area contributed by atoms with Gasteiger partial charge in [-0.3, -0.25) is 4.79 Å². The molecule has 1 heterocycles. The molecule has 0 aliphatic carbocycles. The van der Waals surface area contributed by atoms with Crippen molar-refractivity contribution in [3.8, 4) is 0 Å². The summed E-state index contributed by atoms with van der Waals surface area (Å²) in [5, 5.41) is -0.337. The van der Waals surface area contributed by atoms with Gasteiger partial charge in [0, 0.05) is 19.1 Å². The first kappa shape index (κ1) is 13.2. The maximum absolute atomic E-state index is 13.6. The fourth-order valence-corrected chi connectivity index (χ4v) is 2.16. The fourth-order valence-electron chi connectivity index (χ4n) is 2.01. The second-order valence-corrected chi connectivity index (χ2v) is 5.00. The Balaban J connectivity index is 2.27. The Morgan fingerprint density at radius 1 is 1.39 bits per heavy atom. The second-order valence-electron chi connectivity index (χ2n) is 4.60. The molecule has 6 heteroatoms. The minimum absolute atomic E-state index is 0.130. The van der Waals surface area contributed by atoms with Crippen LogP contribution in [0.5, 0.6) is 0 Å². The lowest BCUT2D eigenvalue weighted by Gasteiger charge is -2.16. The molecule has 1 amide bonds. The second kappa shape index (κ2) is 4.82. The summed E-state index contributed by atoms with van der Waals surface area (Å²) in [6.07, 6.45) is 0. The molecular formula is C12H13ClF2N2O. The molecule has 0 saturated carbocycles. The van der Waals surface area contributed by atoms with Crippen molar-refractivity contribution in [2.45, 2.75) is 13.0 Å². The number of amides is 1. The fraction of sp³-hybridized carbons (Fsp3) is 0.417. The van der Waals surface area contributed by atoms with Gasteiger partial charge in [0.25, 0.3) is 5.91 Å². The summed E-state index contributed by atoms with van der Waals surface area (Å²) in [6.45, 7) is 2.71. The van der Waals surface area contributed by atoms with E-state index in [9.17, 15) is 13.6 Å². The van der Waals surface area contributed by atoms with E-state index >= 15 is 0 Å². The number of carbonyl (C=O) groups is 1. The zero-order chi connectivity index (χ0) is 13.4. The molecule has 1 saturated heterocycles. The standard InChI is InChI=1S/C12H13ClF2N2O/c1-6-4-17(5-11(6)16)12(18)7-2-10(15)8(13)3-9(7)14/h2-3,6,11H,4-5,16H2,1H3. The number of nitrogens with two attached hydrogens (primary N) is 1. The van der Waals surface area contributed by atoms with E-state index in [0.29, 0.717) is 13.1 Å². The van der Waals surface area contributed by atoms with Crippen LogP contribution in [0.2, 0.25) is 5.02 Å². The number of hydrogen-bond acceptors (Lipinski definition) is 2. The Morgan fingerprint density at radius 3 is 2.61 bits per heavy atom. The Hall–Kier alpha value is -1.20. The van der Waals surface area contributed by atoms with Crippen molar-refractivity contribution in [3.63, 3.8) is 0 Å². The van der Waals surface area contributed by atoms with Crippen molar-refractivity contribution >= 4 is 17.5 Å². The average molecular weight is 275 g/mol. The van der Waals surface area contributed by atoms with Gasteiger partial charge in [0.15, 0.2) is 0 Å². The number of likely N-dealkylation sites (tertiary alicyclic amines) is 1. The third-order valence-corrected chi connectivity index (χ3v) is 3.49. The van der Waals surface area contributed by atoms with E-state index in [-0.39, 0.29) is 22.5 Å². The van der Waals surface area contributed by atoms with Gasteiger partial charge in [-0.2, -0.15) is 0 Å². The van der Waals surface area contributed by atoms with Crippen molar-refractivity contribution in [3.05, 3.63) is 34.4 Å². The van der Waals surface area contributed by atoms with E-state index in [0.717, 1.165) is 12.1 Å². The van der Waals surface area contributed by atoms with Gasteiger partial charge >= 0.3 is 0 Å². The van der Waals surface area contributed by atoms with Crippen molar-refractivity contribution < 1.29 is 13.6 Å². The van der Waals surface area contributed by atoms with Gasteiger partial charge in [-0.05, 0) is 18.1 Å². The summed E-state index contributed by atoms with van der Waals surface area (Å²) in [5.41, 5.74) is 5.49. The van der Waals surface area contributed by atoms with E-state index in [1.54, 1.807) is 0 Å². The van der Waals surface area contributed by atoms with Gasteiger partial charge in [-0.25, -0.2) is 8.78 Å². The van der Waals surface area contributed by atoms with Crippen LogP contribution in [0.3, 0.4) is 0 Å². The molecule has 1 aromatic carbocycles. The number of nitrogens with zero attached hydrogens (tertiary/aromatic N) is 1. The Kier molecular flexibility index (Phi) is 3.54. The predicted molar refractivity (Wildman–Crippen MR) is 64.4 cm³/mol. The molecule has 1 aliphatic heterocycles. The number of carbonyl (C=O) groups excluding carboxylic acids is 1. The van der Waals surface area contributed by atoms with Crippen LogP contribution in [-0.4, -0.2) is 29.9 Å². The van der Waals surface area contributed by atoms with Crippen LogP contribution in [-0.2, 0) is 0 Å². The lowest BCUT2D eigenvalue weighted by molar-refractivity contribution is 0.0781. The molecule has 2 N–H and O–H groups in total.